The van der Waals surface area contributed by atoms with Crippen molar-refractivity contribution in [2.24, 2.45) is 0 Å². The van der Waals surface area contributed by atoms with Crippen LogP contribution in [-0.2, 0) is 46.7 Å². The first-order valence-corrected chi connectivity index (χ1v) is 27.8. The number of rotatable bonds is 0. The van der Waals surface area contributed by atoms with Crippen LogP contribution in [-0.4, -0.2) is 10.9 Å². The van der Waals surface area contributed by atoms with Crippen LogP contribution in [0.5, 0.6) is 0 Å². The summed E-state index contributed by atoms with van der Waals surface area (Å²) >= 11 is 3.48. The van der Waals surface area contributed by atoms with Crippen molar-refractivity contribution in [2.75, 3.05) is 0 Å². The average Bonchev–Trinajstić information content (AvgIpc) is 3.67. The van der Waals surface area contributed by atoms with Crippen molar-refractivity contribution in [3.05, 3.63) is 130 Å². The zero-order chi connectivity index (χ0) is 33.4. The van der Waals surface area contributed by atoms with Crippen molar-refractivity contribution in [2.45, 2.75) is 94.4 Å². The van der Waals surface area contributed by atoms with Gasteiger partial charge in [-0.05, 0) is 0 Å². The number of hydrogen-bond acceptors (Lipinski definition) is 0. The summed E-state index contributed by atoms with van der Waals surface area (Å²) in [6.45, 7) is 26.3. The molecule has 46 heavy (non-hydrogen) atoms. The molecule has 244 valence electrons. The van der Waals surface area contributed by atoms with E-state index in [0.29, 0.717) is 0 Å². The Hall–Kier alpha value is -0.600. The Kier molecular flexibility index (Phi) is 26.2. The molecule has 0 fully saturated rings. The molecule has 4 aromatic rings. The van der Waals surface area contributed by atoms with Crippen LogP contribution in [0.4, 0.5) is 0 Å². The topological polar surface area (TPSA) is 0 Å². The van der Waals surface area contributed by atoms with Crippen LogP contribution in [0.3, 0.4) is 0 Å². The fraction of sp³-hybridized carbons (Fsp3) is 0.350. The van der Waals surface area contributed by atoms with Gasteiger partial charge in [-0.1, -0.05) is 67.5 Å². The van der Waals surface area contributed by atoms with Crippen molar-refractivity contribution in [1.82, 2.24) is 0 Å². The quantitative estimate of drug-likeness (QED) is 0.149. The van der Waals surface area contributed by atoms with Crippen LogP contribution >= 0.6 is 0 Å². The molecule has 0 heterocycles. The summed E-state index contributed by atoms with van der Waals surface area (Å²) in [5, 5.41) is 5.51. The van der Waals surface area contributed by atoms with Crippen LogP contribution in [0, 0.1) is 39.8 Å². The molecule has 0 radical (unpaired) electrons. The Labute approximate surface area is 324 Å². The first-order chi connectivity index (χ1) is 20.6. The first-order valence-electron chi connectivity index (χ1n) is 15.4. The monoisotopic (exact) mass is 838 g/mol. The molecule has 0 nitrogen and oxygen atoms in total. The summed E-state index contributed by atoms with van der Waals surface area (Å²) in [5.74, 6) is 0. The summed E-state index contributed by atoms with van der Waals surface area (Å²) in [7, 11) is 0. The molecular weight excluding hydrogens is 790 g/mol. The van der Waals surface area contributed by atoms with E-state index in [9.17, 15) is 0 Å². The number of allylic oxidation sites excluding steroid dienone is 8. The molecule has 0 spiro atoms. The third-order valence-corrected chi connectivity index (χ3v) is 6.87. The van der Waals surface area contributed by atoms with Gasteiger partial charge in [-0.25, -0.2) is 23.3 Å². The van der Waals surface area contributed by atoms with Gasteiger partial charge < -0.3 is 24.8 Å². The molecule has 0 unspecified atom stereocenters. The number of aryl methyl sites for hydroxylation is 4. The molecule has 2 aliphatic rings. The summed E-state index contributed by atoms with van der Waals surface area (Å²) in [6, 6.07) is 21.5. The standard InChI is InChI=1S/2C11H11.2C7H9.2C2H6Si.2ClH.2Zr/c2*1-8-7-10-5-3-4-6-11(10)9(8)2;2*1-6-3-4-7(2)5-6;2*1-3-2;;;;/h2*3-7H,1-2H3;2*5H,3H2,1-2H3;2*1-2H3;2*1H;;/q4*-1;;;;;2*+2/p-2. The van der Waals surface area contributed by atoms with E-state index >= 15 is 0 Å². The van der Waals surface area contributed by atoms with Gasteiger partial charge in [-0.2, -0.15) is 22.3 Å². The van der Waals surface area contributed by atoms with Crippen molar-refractivity contribution in [3.63, 3.8) is 0 Å². The Morgan fingerprint density at radius 3 is 1.02 bits per heavy atom. The molecule has 4 aromatic carbocycles. The van der Waals surface area contributed by atoms with Gasteiger partial charge in [0.1, 0.15) is 0 Å². The summed E-state index contributed by atoms with van der Waals surface area (Å²) < 4.78 is 0. The number of benzene rings is 2. The van der Waals surface area contributed by atoms with Crippen LogP contribution < -0.4 is 24.8 Å². The van der Waals surface area contributed by atoms with Gasteiger partial charge in [0, 0.05) is 0 Å². The van der Waals surface area contributed by atoms with E-state index in [4.69, 9.17) is 0 Å². The molecule has 0 atom stereocenters. The molecule has 0 saturated heterocycles. The van der Waals surface area contributed by atoms with E-state index < -0.39 is 0 Å². The molecule has 0 aliphatic heterocycles. The maximum absolute atomic E-state index is 3.19. The Morgan fingerprint density at radius 2 is 0.826 bits per heavy atom. The molecule has 0 amide bonds. The van der Waals surface area contributed by atoms with E-state index in [1.807, 2.05) is 0 Å². The van der Waals surface area contributed by atoms with Gasteiger partial charge in [0.2, 0.25) is 0 Å². The minimum Gasteiger partial charge on any atom is -1.00 e. The second-order valence-corrected chi connectivity index (χ2v) is 30.9. The van der Waals surface area contributed by atoms with Gasteiger partial charge in [-0.3, -0.25) is 12.2 Å². The smallest absolute Gasteiger partial charge is 0.0576 e. The van der Waals surface area contributed by atoms with Crippen LogP contribution in [0.25, 0.3) is 21.5 Å². The third-order valence-electron chi connectivity index (χ3n) is 6.87. The van der Waals surface area contributed by atoms with E-state index in [1.54, 1.807) is 46.7 Å². The predicted octanol–water partition coefficient (Wildman–Crippen LogP) is 6.10. The number of halogens is 2. The molecule has 6 heteroatoms. The second-order valence-electron chi connectivity index (χ2n) is 12.1. The first kappa shape index (κ1) is 47.5. The molecule has 2 aliphatic carbocycles. The number of fused-ring (bicyclic) bond motifs is 2. The van der Waals surface area contributed by atoms with Gasteiger partial charge in [0.25, 0.3) is 0 Å². The maximum Gasteiger partial charge on any atom is -0.0576 e. The zero-order valence-electron chi connectivity index (χ0n) is 30.1. The predicted molar refractivity (Wildman–Crippen MR) is 195 cm³/mol. The molecule has 6 rings (SSSR count). The molecule has 0 aromatic heterocycles. The van der Waals surface area contributed by atoms with E-state index in [-0.39, 0.29) is 35.7 Å². The summed E-state index contributed by atoms with van der Waals surface area (Å²) in [5.41, 5.74) is 11.5. The van der Waals surface area contributed by atoms with Crippen molar-refractivity contribution >= 4 is 32.4 Å². The van der Waals surface area contributed by atoms with Crippen LogP contribution in [0.1, 0.15) is 62.8 Å². The average molecular weight is 842 g/mol. The summed E-state index contributed by atoms with van der Waals surface area (Å²) in [6.07, 6.45) is 12.8. The number of hydrogen-bond donors (Lipinski definition) is 0. The van der Waals surface area contributed by atoms with Crippen LogP contribution in [0.15, 0.2) is 95.1 Å². The zero-order valence-corrected chi connectivity index (χ0v) is 38.5. The molecule has 0 saturated carbocycles. The molecule has 0 bridgehead atoms. The largest absolute Gasteiger partial charge is 1.00 e. The van der Waals surface area contributed by atoms with E-state index in [2.05, 4.69) is 167 Å². The van der Waals surface area contributed by atoms with Gasteiger partial charge in [-0.15, -0.1) is 94.0 Å². The molecule has 0 N–H and O–H groups in total. The van der Waals surface area contributed by atoms with Gasteiger partial charge >= 0.3 is 83.7 Å². The Bertz CT molecular complexity index is 1530. The SMILES string of the molecule is CC1=[C-]CC(C)=C1.CC1=[C-]CC(C)=C1.C[Si](C)=[Zr+2].C[Si](C)=[Zr+2].Cc1[cH-]c2ccccc2c1C.Cc1[cH-]c2ccccc2c1C.[Cl-].[Cl-]. The van der Waals surface area contributed by atoms with Crippen molar-refractivity contribution in [1.29, 1.82) is 0 Å². The minimum absolute atomic E-state index is 0. The van der Waals surface area contributed by atoms with Crippen molar-refractivity contribution < 1.29 is 71.5 Å². The third kappa shape index (κ3) is 19.4. The Morgan fingerprint density at radius 1 is 0.543 bits per heavy atom. The van der Waals surface area contributed by atoms with Crippen molar-refractivity contribution in [3.8, 4) is 0 Å². The van der Waals surface area contributed by atoms with Gasteiger partial charge in [0.05, 0.1) is 0 Å². The Balaban J connectivity index is 0. The fourth-order valence-corrected chi connectivity index (χ4v) is 4.54. The summed E-state index contributed by atoms with van der Waals surface area (Å²) in [4.78, 5) is 0. The van der Waals surface area contributed by atoms with Gasteiger partial charge in [0.15, 0.2) is 0 Å². The normalized spacial score (nSPS) is 12.2. The second kappa shape index (κ2) is 25.4. The molecular formula is C40H52Cl2Si2Zr2-2. The minimum atomic E-state index is 0. The maximum atomic E-state index is 3.19. The van der Waals surface area contributed by atoms with E-state index in [1.165, 1.54) is 66.1 Å². The van der Waals surface area contributed by atoms with E-state index in [0.717, 1.165) is 12.8 Å². The van der Waals surface area contributed by atoms with Crippen LogP contribution in [0.2, 0.25) is 26.2 Å². The fourth-order valence-electron chi connectivity index (χ4n) is 4.54.